The van der Waals surface area contributed by atoms with Crippen molar-refractivity contribution in [3.05, 3.63) is 54.6 Å². The molecule has 0 aliphatic heterocycles. The largest absolute Gasteiger partial charge is 0.507 e. The highest BCUT2D eigenvalue weighted by Crippen LogP contribution is 2.26. The molecule has 0 spiro atoms. The molecule has 0 saturated carbocycles. The van der Waals surface area contributed by atoms with Crippen LogP contribution in [-0.4, -0.2) is 31.8 Å². The van der Waals surface area contributed by atoms with Crippen LogP contribution in [0.4, 0.5) is 5.69 Å². The van der Waals surface area contributed by atoms with Crippen molar-refractivity contribution in [2.75, 3.05) is 26.1 Å². The summed E-state index contributed by atoms with van der Waals surface area (Å²) in [5.41, 5.74) is 6.80. The minimum Gasteiger partial charge on any atom is -0.507 e. The van der Waals surface area contributed by atoms with Gasteiger partial charge in [0.1, 0.15) is 17.2 Å². The number of carbonyl (C=O) groups is 1. The molecule has 2 rings (SSSR count). The Labute approximate surface area is 146 Å². The van der Waals surface area contributed by atoms with Crippen LogP contribution >= 0.6 is 0 Å². The van der Waals surface area contributed by atoms with Gasteiger partial charge < -0.3 is 19.9 Å². The Morgan fingerprint density at radius 1 is 1.04 bits per heavy atom. The van der Waals surface area contributed by atoms with Gasteiger partial charge in [0.05, 0.1) is 26.5 Å². The lowest BCUT2D eigenvalue weighted by Crippen LogP contribution is -2.39. The molecule has 0 bridgehead atoms. The maximum atomic E-state index is 11.9. The predicted molar refractivity (Wildman–Crippen MR) is 96.5 cm³/mol. The second-order valence-corrected chi connectivity index (χ2v) is 5.12. The second-order valence-electron chi connectivity index (χ2n) is 5.12. The molecule has 0 heterocycles. The van der Waals surface area contributed by atoms with Gasteiger partial charge in [-0.3, -0.25) is 15.6 Å². The number of anilines is 1. The number of hydrazine groups is 1. The van der Waals surface area contributed by atoms with E-state index in [1.54, 1.807) is 31.4 Å². The summed E-state index contributed by atoms with van der Waals surface area (Å²) in [4.78, 5) is 11.9. The first kappa shape index (κ1) is 18.0. The molecule has 4 N–H and O–H groups in total. The first-order valence-electron chi connectivity index (χ1n) is 7.52. The Bertz CT molecular complexity index is 744. The molecule has 0 saturated heterocycles. The highest BCUT2D eigenvalue weighted by Gasteiger charge is 2.08. The molecule has 1 amide bonds. The summed E-state index contributed by atoms with van der Waals surface area (Å²) in [6.45, 7) is 3.86. The summed E-state index contributed by atoms with van der Waals surface area (Å²) >= 11 is 0. The van der Waals surface area contributed by atoms with E-state index >= 15 is 0 Å². The fraction of sp³-hybridized carbons (Fsp3) is 0.167. The maximum absolute atomic E-state index is 11.9. The smallest absolute Gasteiger partial charge is 0.257 e. The number of phenols is 1. The van der Waals surface area contributed by atoms with Gasteiger partial charge in [0.25, 0.3) is 5.91 Å². The first-order chi connectivity index (χ1) is 12.0. The molecule has 132 valence electrons. The number of phenolic OH excluding ortho intramolecular Hbond substituents is 1. The van der Waals surface area contributed by atoms with E-state index in [0.29, 0.717) is 17.0 Å². The van der Waals surface area contributed by atoms with Gasteiger partial charge in [-0.25, -0.2) is 0 Å². The SMILES string of the molecule is C=C(NNC(=O)CNc1ccc(OC)cc1)c1ccc(OC)cc1O. The first-order valence-corrected chi connectivity index (χ1v) is 7.52. The van der Waals surface area contributed by atoms with E-state index in [1.165, 1.54) is 13.2 Å². The summed E-state index contributed by atoms with van der Waals surface area (Å²) in [5.74, 6) is 0.987. The van der Waals surface area contributed by atoms with E-state index in [4.69, 9.17) is 9.47 Å². The molecule has 2 aromatic carbocycles. The molecule has 0 aromatic heterocycles. The van der Waals surface area contributed by atoms with E-state index in [2.05, 4.69) is 22.7 Å². The monoisotopic (exact) mass is 343 g/mol. The van der Waals surface area contributed by atoms with Crippen molar-refractivity contribution in [1.29, 1.82) is 0 Å². The van der Waals surface area contributed by atoms with Crippen LogP contribution in [0.25, 0.3) is 5.70 Å². The molecule has 0 unspecified atom stereocenters. The summed E-state index contributed by atoms with van der Waals surface area (Å²) in [6.07, 6.45) is 0. The Morgan fingerprint density at radius 3 is 2.28 bits per heavy atom. The third-order valence-electron chi connectivity index (χ3n) is 3.43. The lowest BCUT2D eigenvalue weighted by Gasteiger charge is -2.14. The van der Waals surface area contributed by atoms with E-state index in [-0.39, 0.29) is 18.2 Å². The number of benzene rings is 2. The van der Waals surface area contributed by atoms with Crippen LogP contribution in [0.1, 0.15) is 5.56 Å². The summed E-state index contributed by atoms with van der Waals surface area (Å²) < 4.78 is 10.1. The third kappa shape index (κ3) is 5.07. The number of amides is 1. The van der Waals surface area contributed by atoms with Gasteiger partial charge in [-0.1, -0.05) is 6.58 Å². The molecule has 7 heteroatoms. The van der Waals surface area contributed by atoms with Crippen molar-refractivity contribution in [3.63, 3.8) is 0 Å². The highest BCUT2D eigenvalue weighted by atomic mass is 16.5. The van der Waals surface area contributed by atoms with Gasteiger partial charge in [-0.05, 0) is 36.4 Å². The van der Waals surface area contributed by atoms with Crippen LogP contribution in [0, 0.1) is 0 Å². The van der Waals surface area contributed by atoms with Crippen molar-refractivity contribution in [1.82, 2.24) is 10.9 Å². The van der Waals surface area contributed by atoms with Gasteiger partial charge in [0, 0.05) is 17.3 Å². The fourth-order valence-corrected chi connectivity index (χ4v) is 2.04. The van der Waals surface area contributed by atoms with Gasteiger partial charge in [0.2, 0.25) is 0 Å². The van der Waals surface area contributed by atoms with E-state index in [1.807, 2.05) is 12.1 Å². The van der Waals surface area contributed by atoms with Crippen LogP contribution in [0.3, 0.4) is 0 Å². The third-order valence-corrected chi connectivity index (χ3v) is 3.43. The number of hydrogen-bond donors (Lipinski definition) is 4. The number of nitrogens with one attached hydrogen (secondary N) is 3. The minimum absolute atomic E-state index is 0.00227. The Balaban J connectivity index is 1.81. The molecule has 0 fully saturated rings. The summed E-state index contributed by atoms with van der Waals surface area (Å²) in [5, 5.41) is 12.9. The van der Waals surface area contributed by atoms with Gasteiger partial charge >= 0.3 is 0 Å². The Morgan fingerprint density at radius 2 is 1.68 bits per heavy atom. The molecule has 0 aliphatic carbocycles. The zero-order chi connectivity index (χ0) is 18.2. The van der Waals surface area contributed by atoms with Crippen LogP contribution in [0.5, 0.6) is 17.2 Å². The Kier molecular flexibility index (Phi) is 6.11. The molecule has 0 aliphatic rings. The molecular weight excluding hydrogens is 322 g/mol. The van der Waals surface area contributed by atoms with Crippen LogP contribution in [-0.2, 0) is 4.79 Å². The second kappa shape index (κ2) is 8.49. The van der Waals surface area contributed by atoms with Crippen molar-refractivity contribution >= 4 is 17.3 Å². The number of rotatable bonds is 8. The zero-order valence-corrected chi connectivity index (χ0v) is 14.1. The molecule has 0 atom stereocenters. The molecule has 25 heavy (non-hydrogen) atoms. The quantitative estimate of drug-likeness (QED) is 0.549. The maximum Gasteiger partial charge on any atom is 0.257 e. The van der Waals surface area contributed by atoms with Gasteiger partial charge in [-0.2, -0.15) is 0 Å². The van der Waals surface area contributed by atoms with Gasteiger partial charge in [0.15, 0.2) is 0 Å². The number of methoxy groups -OCH3 is 2. The standard InChI is InChI=1S/C18H21N3O4/c1-12(16-9-8-15(25-3)10-17(16)22)20-21-18(23)11-19-13-4-6-14(24-2)7-5-13/h4-10,19-20,22H,1,11H2,2-3H3,(H,21,23). The average Bonchev–Trinajstić information content (AvgIpc) is 2.64. The normalized spacial score (nSPS) is 9.84. The lowest BCUT2D eigenvalue weighted by molar-refractivity contribution is -0.120. The number of aromatic hydroxyl groups is 1. The van der Waals surface area contributed by atoms with Crippen molar-refractivity contribution < 1.29 is 19.4 Å². The highest BCUT2D eigenvalue weighted by molar-refractivity contribution is 5.81. The van der Waals surface area contributed by atoms with Crippen LogP contribution < -0.4 is 25.6 Å². The molecule has 0 radical (unpaired) electrons. The molecular formula is C18H21N3O4. The fourth-order valence-electron chi connectivity index (χ4n) is 2.04. The van der Waals surface area contributed by atoms with Crippen molar-refractivity contribution in [2.45, 2.75) is 0 Å². The summed E-state index contributed by atoms with van der Waals surface area (Å²) in [7, 11) is 3.10. The van der Waals surface area contributed by atoms with Crippen LogP contribution in [0.2, 0.25) is 0 Å². The predicted octanol–water partition coefficient (Wildman–Crippen LogP) is 2.11. The van der Waals surface area contributed by atoms with E-state index in [9.17, 15) is 9.90 Å². The Hall–Kier alpha value is -3.35. The number of carbonyl (C=O) groups excluding carboxylic acids is 1. The van der Waals surface area contributed by atoms with Crippen LogP contribution in [0.15, 0.2) is 49.0 Å². The summed E-state index contributed by atoms with van der Waals surface area (Å²) in [6, 6.07) is 12.0. The number of ether oxygens (including phenoxy) is 2. The molecule has 2 aromatic rings. The van der Waals surface area contributed by atoms with E-state index < -0.39 is 0 Å². The lowest BCUT2D eigenvalue weighted by atomic mass is 10.1. The molecule has 7 nitrogen and oxygen atoms in total. The average molecular weight is 343 g/mol. The van der Waals surface area contributed by atoms with Crippen molar-refractivity contribution in [3.8, 4) is 17.2 Å². The number of hydrogen-bond acceptors (Lipinski definition) is 6. The topological polar surface area (TPSA) is 91.9 Å². The zero-order valence-electron chi connectivity index (χ0n) is 14.1. The van der Waals surface area contributed by atoms with Gasteiger partial charge in [-0.15, -0.1) is 0 Å². The minimum atomic E-state index is -0.287. The van der Waals surface area contributed by atoms with Crippen molar-refractivity contribution in [2.24, 2.45) is 0 Å². The van der Waals surface area contributed by atoms with E-state index in [0.717, 1.165) is 11.4 Å².